The number of aromatic nitrogens is 1. The SMILES string of the molecule is O=C1CCC(c2cncc3cc(C(=O)O)ccc23)C(=O)N1. The molecule has 1 aliphatic rings. The number of piperidine rings is 1. The number of fused-ring (bicyclic) bond motifs is 1. The van der Waals surface area contributed by atoms with Crippen LogP contribution in [0.25, 0.3) is 10.8 Å². The number of aromatic carboxylic acids is 1. The molecule has 3 rings (SSSR count). The van der Waals surface area contributed by atoms with Gasteiger partial charge in [0.2, 0.25) is 11.8 Å². The molecule has 1 aromatic heterocycles. The van der Waals surface area contributed by atoms with Crippen LogP contribution in [-0.2, 0) is 9.59 Å². The van der Waals surface area contributed by atoms with Crippen LogP contribution in [0.5, 0.6) is 0 Å². The van der Waals surface area contributed by atoms with Gasteiger partial charge in [0.05, 0.1) is 11.5 Å². The Bertz CT molecular complexity index is 769. The molecule has 1 fully saturated rings. The molecule has 21 heavy (non-hydrogen) atoms. The summed E-state index contributed by atoms with van der Waals surface area (Å²) in [6.45, 7) is 0. The molecule has 2 heterocycles. The van der Waals surface area contributed by atoms with Crippen molar-refractivity contribution in [2.24, 2.45) is 0 Å². The lowest BCUT2D eigenvalue weighted by atomic mass is 9.88. The highest BCUT2D eigenvalue weighted by Crippen LogP contribution is 2.30. The first kappa shape index (κ1) is 13.2. The van der Waals surface area contributed by atoms with Gasteiger partial charge < -0.3 is 5.11 Å². The number of carboxylic acids is 1. The highest BCUT2D eigenvalue weighted by atomic mass is 16.4. The largest absolute Gasteiger partial charge is 0.478 e. The summed E-state index contributed by atoms with van der Waals surface area (Å²) in [6.07, 6.45) is 3.89. The van der Waals surface area contributed by atoms with E-state index in [0.717, 1.165) is 10.9 Å². The number of nitrogens with zero attached hydrogens (tertiary/aromatic N) is 1. The lowest BCUT2D eigenvalue weighted by molar-refractivity contribution is -0.134. The molecule has 6 heteroatoms. The Hall–Kier alpha value is -2.76. The maximum absolute atomic E-state index is 12.0. The molecule has 0 saturated carbocycles. The molecule has 2 N–H and O–H groups in total. The first-order valence-electron chi connectivity index (χ1n) is 6.51. The van der Waals surface area contributed by atoms with Crippen molar-refractivity contribution in [3.8, 4) is 0 Å². The number of rotatable bonds is 2. The monoisotopic (exact) mass is 284 g/mol. The van der Waals surface area contributed by atoms with E-state index >= 15 is 0 Å². The zero-order chi connectivity index (χ0) is 15.0. The van der Waals surface area contributed by atoms with E-state index < -0.39 is 11.9 Å². The fraction of sp³-hybridized carbons (Fsp3) is 0.200. The lowest BCUT2D eigenvalue weighted by Gasteiger charge is -2.22. The maximum atomic E-state index is 12.0. The van der Waals surface area contributed by atoms with Crippen LogP contribution in [0.15, 0.2) is 30.6 Å². The number of imide groups is 1. The van der Waals surface area contributed by atoms with Gasteiger partial charge in [-0.05, 0) is 29.5 Å². The van der Waals surface area contributed by atoms with Crippen LogP contribution >= 0.6 is 0 Å². The summed E-state index contributed by atoms with van der Waals surface area (Å²) in [5, 5.41) is 12.8. The van der Waals surface area contributed by atoms with E-state index in [1.807, 2.05) is 0 Å². The Labute approximate surface area is 119 Å². The normalized spacial score (nSPS) is 18.6. The van der Waals surface area contributed by atoms with Crippen LogP contribution in [0.1, 0.15) is 34.7 Å². The van der Waals surface area contributed by atoms with Crippen molar-refractivity contribution in [3.05, 3.63) is 41.7 Å². The van der Waals surface area contributed by atoms with Gasteiger partial charge in [0.15, 0.2) is 0 Å². The Kier molecular flexibility index (Phi) is 3.13. The predicted octanol–water partition coefficient (Wildman–Crippen LogP) is 1.45. The zero-order valence-electron chi connectivity index (χ0n) is 11.0. The molecule has 0 spiro atoms. The summed E-state index contributed by atoms with van der Waals surface area (Å²) in [5.74, 6) is -2.04. The summed E-state index contributed by atoms with van der Waals surface area (Å²) >= 11 is 0. The molecular formula is C15H12N2O4. The van der Waals surface area contributed by atoms with Crippen molar-refractivity contribution in [2.45, 2.75) is 18.8 Å². The third kappa shape index (κ3) is 2.35. The van der Waals surface area contributed by atoms with Crippen molar-refractivity contribution in [2.75, 3.05) is 0 Å². The quantitative estimate of drug-likeness (QED) is 0.814. The Balaban J connectivity index is 2.09. The van der Waals surface area contributed by atoms with Crippen molar-refractivity contribution >= 4 is 28.6 Å². The molecule has 1 atom stereocenters. The van der Waals surface area contributed by atoms with Crippen molar-refractivity contribution in [3.63, 3.8) is 0 Å². The minimum atomic E-state index is -1.01. The van der Waals surface area contributed by atoms with Gasteiger partial charge in [-0.15, -0.1) is 0 Å². The Morgan fingerprint density at radius 1 is 1.29 bits per heavy atom. The second-order valence-electron chi connectivity index (χ2n) is 4.97. The molecule has 2 amide bonds. The second-order valence-corrected chi connectivity index (χ2v) is 4.97. The second kappa shape index (κ2) is 4.97. The molecule has 0 bridgehead atoms. The number of hydrogen-bond donors (Lipinski definition) is 2. The molecular weight excluding hydrogens is 272 g/mol. The van der Waals surface area contributed by atoms with Crippen LogP contribution in [0.4, 0.5) is 0 Å². The van der Waals surface area contributed by atoms with Gasteiger partial charge in [0.1, 0.15) is 0 Å². The van der Waals surface area contributed by atoms with Crippen molar-refractivity contribution < 1.29 is 19.5 Å². The van der Waals surface area contributed by atoms with E-state index in [1.165, 1.54) is 12.1 Å². The van der Waals surface area contributed by atoms with Crippen molar-refractivity contribution in [1.82, 2.24) is 10.3 Å². The Morgan fingerprint density at radius 2 is 2.10 bits per heavy atom. The van der Waals surface area contributed by atoms with Crippen molar-refractivity contribution in [1.29, 1.82) is 0 Å². The average Bonchev–Trinajstić information content (AvgIpc) is 2.46. The summed E-state index contributed by atoms with van der Waals surface area (Å²) in [5.41, 5.74) is 0.888. The fourth-order valence-electron chi connectivity index (χ4n) is 2.60. The van der Waals surface area contributed by atoms with Crippen LogP contribution in [-0.4, -0.2) is 27.9 Å². The van der Waals surface area contributed by atoms with Gasteiger partial charge in [0.25, 0.3) is 0 Å². The van der Waals surface area contributed by atoms with Crippen LogP contribution in [0.3, 0.4) is 0 Å². The molecule has 0 radical (unpaired) electrons. The van der Waals surface area contributed by atoms with Gasteiger partial charge in [-0.1, -0.05) is 6.07 Å². The zero-order valence-corrected chi connectivity index (χ0v) is 11.0. The number of amides is 2. The molecule has 1 saturated heterocycles. The van der Waals surface area contributed by atoms with Crippen LogP contribution in [0.2, 0.25) is 0 Å². The van der Waals surface area contributed by atoms with E-state index in [4.69, 9.17) is 5.11 Å². The van der Waals surface area contributed by atoms with E-state index in [2.05, 4.69) is 10.3 Å². The minimum Gasteiger partial charge on any atom is -0.478 e. The first-order chi connectivity index (χ1) is 10.1. The minimum absolute atomic E-state index is 0.171. The van der Waals surface area contributed by atoms with Crippen LogP contribution in [0, 0.1) is 0 Å². The third-order valence-corrected chi connectivity index (χ3v) is 3.65. The third-order valence-electron chi connectivity index (χ3n) is 3.65. The number of benzene rings is 1. The molecule has 6 nitrogen and oxygen atoms in total. The standard InChI is InChI=1S/C15H12N2O4/c18-13-4-3-11(14(19)17-13)12-7-16-6-9-5-8(15(20)21)1-2-10(9)12/h1-2,5-7,11H,3-4H2,(H,20,21)(H,17,18,19). The number of carbonyl (C=O) groups excluding carboxylic acids is 2. The Morgan fingerprint density at radius 3 is 2.81 bits per heavy atom. The van der Waals surface area contributed by atoms with Gasteiger partial charge in [-0.25, -0.2) is 4.79 Å². The smallest absolute Gasteiger partial charge is 0.335 e. The predicted molar refractivity (Wildman–Crippen MR) is 73.8 cm³/mol. The van der Waals surface area contributed by atoms with E-state index in [0.29, 0.717) is 18.2 Å². The van der Waals surface area contributed by atoms with Gasteiger partial charge >= 0.3 is 5.97 Å². The fourth-order valence-corrected chi connectivity index (χ4v) is 2.60. The number of hydrogen-bond acceptors (Lipinski definition) is 4. The van der Waals surface area contributed by atoms with Gasteiger partial charge in [0, 0.05) is 24.2 Å². The molecule has 1 aliphatic heterocycles. The van der Waals surface area contributed by atoms with Gasteiger partial charge in [-0.3, -0.25) is 19.9 Å². The lowest BCUT2D eigenvalue weighted by Crippen LogP contribution is -2.39. The summed E-state index contributed by atoms with van der Waals surface area (Å²) in [6, 6.07) is 4.71. The number of carboxylic acid groups (broad SMARTS) is 1. The number of carbonyl (C=O) groups is 3. The maximum Gasteiger partial charge on any atom is 0.335 e. The van der Waals surface area contributed by atoms with Gasteiger partial charge in [-0.2, -0.15) is 0 Å². The molecule has 2 aromatic rings. The molecule has 1 unspecified atom stereocenters. The molecule has 0 aliphatic carbocycles. The van der Waals surface area contributed by atoms with Crippen LogP contribution < -0.4 is 5.32 Å². The average molecular weight is 284 g/mol. The van der Waals surface area contributed by atoms with E-state index in [-0.39, 0.29) is 17.4 Å². The first-order valence-corrected chi connectivity index (χ1v) is 6.51. The summed E-state index contributed by atoms with van der Waals surface area (Å²) < 4.78 is 0. The molecule has 1 aromatic carbocycles. The number of nitrogens with one attached hydrogen (secondary N) is 1. The van der Waals surface area contributed by atoms with E-state index in [1.54, 1.807) is 18.5 Å². The summed E-state index contributed by atoms with van der Waals surface area (Å²) in [4.78, 5) is 38.3. The highest BCUT2D eigenvalue weighted by molar-refractivity contribution is 6.03. The highest BCUT2D eigenvalue weighted by Gasteiger charge is 2.29. The molecule has 106 valence electrons. The topological polar surface area (TPSA) is 96.4 Å². The number of pyridine rings is 1. The van der Waals surface area contributed by atoms with E-state index in [9.17, 15) is 14.4 Å². The summed E-state index contributed by atoms with van der Waals surface area (Å²) in [7, 11) is 0.